The van der Waals surface area contributed by atoms with Gasteiger partial charge in [0.15, 0.2) is 0 Å². The topological polar surface area (TPSA) is 37.8 Å². The number of nitrogens with zero attached hydrogens (tertiary/aromatic N) is 2. The SMILES string of the molecule is C=CC(C)Nc1nccc(C)n1. The number of hydrogen-bond acceptors (Lipinski definition) is 3. The lowest BCUT2D eigenvalue weighted by molar-refractivity contribution is 0.948. The average molecular weight is 163 g/mol. The van der Waals surface area contributed by atoms with Gasteiger partial charge >= 0.3 is 0 Å². The summed E-state index contributed by atoms with van der Waals surface area (Å²) in [6, 6.07) is 2.07. The molecule has 0 fully saturated rings. The lowest BCUT2D eigenvalue weighted by atomic mass is 10.3. The fraction of sp³-hybridized carbons (Fsp3) is 0.333. The summed E-state index contributed by atoms with van der Waals surface area (Å²) < 4.78 is 0. The summed E-state index contributed by atoms with van der Waals surface area (Å²) in [7, 11) is 0. The van der Waals surface area contributed by atoms with Gasteiger partial charge in [0.1, 0.15) is 0 Å². The maximum Gasteiger partial charge on any atom is 0.223 e. The largest absolute Gasteiger partial charge is 0.348 e. The molecule has 1 rings (SSSR count). The Kier molecular flexibility index (Phi) is 2.80. The summed E-state index contributed by atoms with van der Waals surface area (Å²) in [4.78, 5) is 8.25. The van der Waals surface area contributed by atoms with Crippen molar-refractivity contribution in [2.75, 3.05) is 5.32 Å². The molecule has 1 aromatic heterocycles. The fourth-order valence-electron chi connectivity index (χ4n) is 0.781. The molecule has 0 spiro atoms. The van der Waals surface area contributed by atoms with E-state index in [2.05, 4.69) is 21.9 Å². The minimum atomic E-state index is 0.201. The van der Waals surface area contributed by atoms with Crippen LogP contribution in [0, 0.1) is 6.92 Å². The molecule has 12 heavy (non-hydrogen) atoms. The number of aromatic nitrogens is 2. The van der Waals surface area contributed by atoms with Crippen molar-refractivity contribution in [2.24, 2.45) is 0 Å². The molecule has 1 N–H and O–H groups in total. The minimum Gasteiger partial charge on any atom is -0.348 e. The van der Waals surface area contributed by atoms with Crippen LogP contribution in [0.2, 0.25) is 0 Å². The molecule has 3 heteroatoms. The van der Waals surface area contributed by atoms with Crippen molar-refractivity contribution in [3.05, 3.63) is 30.6 Å². The first-order valence-corrected chi connectivity index (χ1v) is 3.91. The third-order valence-electron chi connectivity index (χ3n) is 1.51. The summed E-state index contributed by atoms with van der Waals surface area (Å²) in [5.74, 6) is 0.655. The maximum atomic E-state index is 4.19. The predicted molar refractivity (Wildman–Crippen MR) is 50.1 cm³/mol. The van der Waals surface area contributed by atoms with Crippen LogP contribution >= 0.6 is 0 Å². The lowest BCUT2D eigenvalue weighted by Crippen LogP contribution is -2.13. The zero-order chi connectivity index (χ0) is 8.97. The van der Waals surface area contributed by atoms with E-state index in [1.807, 2.05) is 26.0 Å². The molecule has 64 valence electrons. The van der Waals surface area contributed by atoms with Crippen molar-refractivity contribution >= 4 is 5.95 Å². The van der Waals surface area contributed by atoms with E-state index in [0.29, 0.717) is 5.95 Å². The molecular formula is C9H13N3. The molecule has 1 atom stereocenters. The third kappa shape index (κ3) is 2.34. The molecule has 0 saturated carbocycles. The Hall–Kier alpha value is -1.38. The zero-order valence-corrected chi connectivity index (χ0v) is 7.41. The maximum absolute atomic E-state index is 4.19. The van der Waals surface area contributed by atoms with E-state index in [1.54, 1.807) is 6.20 Å². The van der Waals surface area contributed by atoms with Crippen LogP contribution in [0.3, 0.4) is 0 Å². The standard InChI is InChI=1S/C9H13N3/c1-4-7(2)11-9-10-6-5-8(3)12-9/h4-7H,1H2,2-3H3,(H,10,11,12). The first-order valence-electron chi connectivity index (χ1n) is 3.91. The quantitative estimate of drug-likeness (QED) is 0.690. The first-order chi connectivity index (χ1) is 5.72. The Balaban J connectivity index is 2.69. The van der Waals surface area contributed by atoms with Crippen molar-refractivity contribution < 1.29 is 0 Å². The number of anilines is 1. The van der Waals surface area contributed by atoms with Crippen molar-refractivity contribution in [1.82, 2.24) is 9.97 Å². The summed E-state index contributed by atoms with van der Waals surface area (Å²) in [6.07, 6.45) is 3.55. The molecule has 3 nitrogen and oxygen atoms in total. The third-order valence-corrected chi connectivity index (χ3v) is 1.51. The van der Waals surface area contributed by atoms with E-state index in [4.69, 9.17) is 0 Å². The first kappa shape index (κ1) is 8.71. The summed E-state index contributed by atoms with van der Waals surface area (Å²) in [6.45, 7) is 7.60. The van der Waals surface area contributed by atoms with Gasteiger partial charge in [-0.15, -0.1) is 6.58 Å². The molecule has 0 aromatic carbocycles. The predicted octanol–water partition coefficient (Wildman–Crippen LogP) is 1.77. The van der Waals surface area contributed by atoms with Gasteiger partial charge in [-0.25, -0.2) is 9.97 Å². The van der Waals surface area contributed by atoms with Crippen molar-refractivity contribution in [2.45, 2.75) is 19.9 Å². The normalized spacial score (nSPS) is 12.2. The van der Waals surface area contributed by atoms with Crippen LogP contribution in [0.25, 0.3) is 0 Å². The molecule has 0 bridgehead atoms. The Labute approximate surface area is 72.6 Å². The molecule has 0 aliphatic rings. The number of aryl methyl sites for hydroxylation is 1. The Bertz CT molecular complexity index is 270. The highest BCUT2D eigenvalue weighted by molar-refractivity contribution is 5.27. The van der Waals surface area contributed by atoms with Gasteiger partial charge in [0, 0.05) is 17.9 Å². The van der Waals surface area contributed by atoms with Gasteiger partial charge in [-0.3, -0.25) is 0 Å². The van der Waals surface area contributed by atoms with Crippen LogP contribution in [-0.4, -0.2) is 16.0 Å². The second-order valence-corrected chi connectivity index (χ2v) is 2.69. The Morgan fingerprint density at radius 3 is 3.00 bits per heavy atom. The van der Waals surface area contributed by atoms with Gasteiger partial charge in [0.05, 0.1) is 0 Å². The van der Waals surface area contributed by atoms with Crippen LogP contribution < -0.4 is 5.32 Å². The van der Waals surface area contributed by atoms with Crippen molar-refractivity contribution in [1.29, 1.82) is 0 Å². The zero-order valence-electron chi connectivity index (χ0n) is 7.41. The second-order valence-electron chi connectivity index (χ2n) is 2.69. The Morgan fingerprint density at radius 1 is 1.67 bits per heavy atom. The number of nitrogens with one attached hydrogen (secondary N) is 1. The van der Waals surface area contributed by atoms with Gasteiger partial charge < -0.3 is 5.32 Å². The van der Waals surface area contributed by atoms with E-state index < -0.39 is 0 Å². The van der Waals surface area contributed by atoms with Crippen LogP contribution in [-0.2, 0) is 0 Å². The molecule has 0 saturated heterocycles. The molecule has 0 aliphatic heterocycles. The molecule has 1 aromatic rings. The van der Waals surface area contributed by atoms with Crippen LogP contribution in [0.15, 0.2) is 24.9 Å². The number of rotatable bonds is 3. The second kappa shape index (κ2) is 3.85. The van der Waals surface area contributed by atoms with E-state index in [9.17, 15) is 0 Å². The fourth-order valence-corrected chi connectivity index (χ4v) is 0.781. The van der Waals surface area contributed by atoms with Crippen LogP contribution in [0.1, 0.15) is 12.6 Å². The van der Waals surface area contributed by atoms with E-state index in [1.165, 1.54) is 0 Å². The van der Waals surface area contributed by atoms with E-state index in [-0.39, 0.29) is 6.04 Å². The minimum absolute atomic E-state index is 0.201. The summed E-state index contributed by atoms with van der Waals surface area (Å²) in [5, 5.41) is 3.09. The van der Waals surface area contributed by atoms with Crippen LogP contribution in [0.4, 0.5) is 5.95 Å². The monoisotopic (exact) mass is 163 g/mol. The van der Waals surface area contributed by atoms with Crippen LogP contribution in [0.5, 0.6) is 0 Å². The summed E-state index contributed by atoms with van der Waals surface area (Å²) >= 11 is 0. The molecule has 1 unspecified atom stereocenters. The van der Waals surface area contributed by atoms with Gasteiger partial charge in [-0.2, -0.15) is 0 Å². The molecule has 0 aliphatic carbocycles. The highest BCUT2D eigenvalue weighted by atomic mass is 15.1. The molecule has 1 heterocycles. The van der Waals surface area contributed by atoms with E-state index in [0.717, 1.165) is 5.69 Å². The summed E-state index contributed by atoms with van der Waals surface area (Å²) in [5.41, 5.74) is 0.962. The smallest absolute Gasteiger partial charge is 0.223 e. The van der Waals surface area contributed by atoms with Crippen molar-refractivity contribution in [3.63, 3.8) is 0 Å². The number of hydrogen-bond donors (Lipinski definition) is 1. The van der Waals surface area contributed by atoms with Crippen molar-refractivity contribution in [3.8, 4) is 0 Å². The van der Waals surface area contributed by atoms with Gasteiger partial charge in [-0.05, 0) is 19.9 Å². The highest BCUT2D eigenvalue weighted by Gasteiger charge is 1.98. The van der Waals surface area contributed by atoms with Gasteiger partial charge in [-0.1, -0.05) is 6.08 Å². The molecule has 0 amide bonds. The average Bonchev–Trinajstić information content (AvgIpc) is 2.04. The van der Waals surface area contributed by atoms with Gasteiger partial charge in [0.2, 0.25) is 5.95 Å². The highest BCUT2D eigenvalue weighted by Crippen LogP contribution is 2.00. The molecular weight excluding hydrogens is 150 g/mol. The van der Waals surface area contributed by atoms with Gasteiger partial charge in [0.25, 0.3) is 0 Å². The molecule has 0 radical (unpaired) electrons. The lowest BCUT2D eigenvalue weighted by Gasteiger charge is -2.08. The Morgan fingerprint density at radius 2 is 2.42 bits per heavy atom. The van der Waals surface area contributed by atoms with E-state index >= 15 is 0 Å².